The molecule has 0 bridgehead atoms. The van der Waals surface area contributed by atoms with Crippen LogP contribution < -0.4 is 5.32 Å². The third kappa shape index (κ3) is 3.31. The summed E-state index contributed by atoms with van der Waals surface area (Å²) in [5.74, 6) is 0. The van der Waals surface area contributed by atoms with Gasteiger partial charge in [-0.2, -0.15) is 0 Å². The fourth-order valence-electron chi connectivity index (χ4n) is 2.48. The summed E-state index contributed by atoms with van der Waals surface area (Å²) in [6.45, 7) is 2.49. The van der Waals surface area contributed by atoms with Gasteiger partial charge in [0.05, 0.1) is 31.3 Å². The molecular weight excluding hydrogens is 230 g/mol. The summed E-state index contributed by atoms with van der Waals surface area (Å²) in [7, 11) is 3.42. The molecule has 1 aromatic heterocycles. The number of hydrogen-bond acceptors (Lipinski definition) is 4. The van der Waals surface area contributed by atoms with E-state index >= 15 is 0 Å². The second-order valence-electron chi connectivity index (χ2n) is 4.79. The molecule has 0 saturated carbocycles. The van der Waals surface area contributed by atoms with Crippen molar-refractivity contribution in [3.05, 3.63) is 18.2 Å². The summed E-state index contributed by atoms with van der Waals surface area (Å²) in [5, 5.41) is 3.55. The first-order chi connectivity index (χ1) is 8.85. The van der Waals surface area contributed by atoms with E-state index in [1.807, 2.05) is 12.5 Å². The van der Waals surface area contributed by atoms with E-state index in [1.54, 1.807) is 14.2 Å². The van der Waals surface area contributed by atoms with E-state index < -0.39 is 0 Å². The summed E-state index contributed by atoms with van der Waals surface area (Å²) < 4.78 is 12.7. The van der Waals surface area contributed by atoms with Crippen molar-refractivity contribution >= 4 is 0 Å². The summed E-state index contributed by atoms with van der Waals surface area (Å²) >= 11 is 0. The predicted octanol–water partition coefficient (Wildman–Crippen LogP) is 1.36. The Labute approximate surface area is 108 Å². The molecule has 0 aromatic carbocycles. The molecule has 1 fully saturated rings. The first-order valence-electron chi connectivity index (χ1n) is 6.60. The molecule has 0 spiro atoms. The van der Waals surface area contributed by atoms with E-state index in [1.165, 1.54) is 25.0 Å². The molecule has 0 aliphatic carbocycles. The lowest BCUT2D eigenvalue weighted by Crippen LogP contribution is -2.30. The van der Waals surface area contributed by atoms with Crippen LogP contribution >= 0.6 is 0 Å². The second-order valence-corrected chi connectivity index (χ2v) is 4.79. The van der Waals surface area contributed by atoms with Crippen molar-refractivity contribution < 1.29 is 9.47 Å². The number of rotatable bonds is 6. The number of piperidine rings is 1. The summed E-state index contributed by atoms with van der Waals surface area (Å²) in [6, 6.07) is 0.432. The number of aromatic nitrogens is 2. The number of nitrogens with one attached hydrogen (secondary N) is 1. The predicted molar refractivity (Wildman–Crippen MR) is 69.5 cm³/mol. The summed E-state index contributed by atoms with van der Waals surface area (Å²) in [6.07, 6.45) is 7.67. The van der Waals surface area contributed by atoms with Crippen molar-refractivity contribution in [2.24, 2.45) is 0 Å². The number of hydrogen-bond donors (Lipinski definition) is 1. The average molecular weight is 253 g/mol. The molecule has 102 valence electrons. The Kier molecular flexibility index (Phi) is 5.16. The topological polar surface area (TPSA) is 48.3 Å². The Morgan fingerprint density at radius 3 is 3.06 bits per heavy atom. The van der Waals surface area contributed by atoms with Crippen molar-refractivity contribution in [3.8, 4) is 0 Å². The van der Waals surface area contributed by atoms with Gasteiger partial charge in [-0.25, -0.2) is 4.98 Å². The third-order valence-electron chi connectivity index (χ3n) is 3.50. The lowest BCUT2D eigenvalue weighted by Gasteiger charge is -2.25. The van der Waals surface area contributed by atoms with Crippen LogP contribution in [0, 0.1) is 0 Å². The number of ether oxygens (including phenoxy) is 2. The molecule has 1 aliphatic rings. The van der Waals surface area contributed by atoms with Crippen LogP contribution in [-0.2, 0) is 16.0 Å². The van der Waals surface area contributed by atoms with Crippen molar-refractivity contribution in [3.63, 3.8) is 0 Å². The lowest BCUT2D eigenvalue weighted by atomic mass is 10.0. The molecule has 2 unspecified atom stereocenters. The fourth-order valence-corrected chi connectivity index (χ4v) is 2.48. The van der Waals surface area contributed by atoms with Gasteiger partial charge in [0.1, 0.15) is 0 Å². The monoisotopic (exact) mass is 253 g/mol. The molecule has 1 saturated heterocycles. The summed E-state index contributed by atoms with van der Waals surface area (Å²) in [4.78, 5) is 4.27. The third-order valence-corrected chi connectivity index (χ3v) is 3.50. The molecule has 2 rings (SSSR count). The SMILES string of the molecule is COCC(Cn1cncc1C1CCCCN1)OC. The highest BCUT2D eigenvalue weighted by molar-refractivity contribution is 5.06. The van der Waals surface area contributed by atoms with Crippen LogP contribution in [0.2, 0.25) is 0 Å². The van der Waals surface area contributed by atoms with Crippen LogP contribution in [0.3, 0.4) is 0 Å². The average Bonchev–Trinajstić information content (AvgIpc) is 2.87. The van der Waals surface area contributed by atoms with Crippen LogP contribution in [0.1, 0.15) is 31.0 Å². The standard InChI is InChI=1S/C13H23N3O2/c1-17-9-11(18-2)8-16-10-14-7-13(16)12-5-3-4-6-15-12/h7,10-12,15H,3-6,8-9H2,1-2H3. The smallest absolute Gasteiger partial charge is 0.0983 e. The van der Waals surface area contributed by atoms with E-state index in [0.29, 0.717) is 12.6 Å². The second kappa shape index (κ2) is 6.87. The summed E-state index contributed by atoms with van der Waals surface area (Å²) in [5.41, 5.74) is 1.26. The maximum Gasteiger partial charge on any atom is 0.0983 e. The van der Waals surface area contributed by atoms with Gasteiger partial charge in [-0.1, -0.05) is 6.42 Å². The van der Waals surface area contributed by atoms with E-state index in [9.17, 15) is 0 Å². The maximum atomic E-state index is 5.41. The maximum absolute atomic E-state index is 5.41. The van der Waals surface area contributed by atoms with Gasteiger partial charge in [0.2, 0.25) is 0 Å². The number of methoxy groups -OCH3 is 2. The molecule has 1 aromatic rings. The minimum absolute atomic E-state index is 0.0755. The Morgan fingerprint density at radius 2 is 2.39 bits per heavy atom. The Bertz CT molecular complexity index is 348. The molecule has 1 aliphatic heterocycles. The van der Waals surface area contributed by atoms with Crippen LogP contribution in [0.4, 0.5) is 0 Å². The zero-order chi connectivity index (χ0) is 12.8. The van der Waals surface area contributed by atoms with Crippen LogP contribution in [0.5, 0.6) is 0 Å². The van der Waals surface area contributed by atoms with Gasteiger partial charge in [-0.05, 0) is 19.4 Å². The van der Waals surface area contributed by atoms with Gasteiger partial charge in [-0.3, -0.25) is 0 Å². The molecule has 2 heterocycles. The van der Waals surface area contributed by atoms with E-state index in [0.717, 1.165) is 13.1 Å². The molecule has 1 N–H and O–H groups in total. The van der Waals surface area contributed by atoms with E-state index in [4.69, 9.17) is 9.47 Å². The molecule has 2 atom stereocenters. The molecule has 5 nitrogen and oxygen atoms in total. The first-order valence-corrected chi connectivity index (χ1v) is 6.60. The van der Waals surface area contributed by atoms with Gasteiger partial charge >= 0.3 is 0 Å². The zero-order valence-corrected chi connectivity index (χ0v) is 11.3. The van der Waals surface area contributed by atoms with Crippen LogP contribution in [-0.4, -0.2) is 43.0 Å². The first kappa shape index (κ1) is 13.5. The van der Waals surface area contributed by atoms with Crippen molar-refractivity contribution in [2.45, 2.75) is 38.0 Å². The van der Waals surface area contributed by atoms with Gasteiger partial charge in [-0.15, -0.1) is 0 Å². The minimum Gasteiger partial charge on any atom is -0.382 e. The minimum atomic E-state index is 0.0755. The highest BCUT2D eigenvalue weighted by Crippen LogP contribution is 2.22. The Balaban J connectivity index is 2.01. The largest absolute Gasteiger partial charge is 0.382 e. The zero-order valence-electron chi connectivity index (χ0n) is 11.3. The normalized spacial score (nSPS) is 22.0. The Morgan fingerprint density at radius 1 is 1.50 bits per heavy atom. The van der Waals surface area contributed by atoms with Crippen molar-refractivity contribution in [1.82, 2.24) is 14.9 Å². The molecule has 5 heteroatoms. The fraction of sp³-hybridized carbons (Fsp3) is 0.769. The quantitative estimate of drug-likeness (QED) is 0.831. The molecule has 0 amide bonds. The molecular formula is C13H23N3O2. The van der Waals surface area contributed by atoms with Gasteiger partial charge in [0.15, 0.2) is 0 Å². The van der Waals surface area contributed by atoms with Gasteiger partial charge in [0, 0.05) is 26.5 Å². The van der Waals surface area contributed by atoms with Crippen molar-refractivity contribution in [2.75, 3.05) is 27.4 Å². The molecule has 18 heavy (non-hydrogen) atoms. The Hall–Kier alpha value is -0.910. The number of nitrogens with zero attached hydrogens (tertiary/aromatic N) is 2. The van der Waals surface area contributed by atoms with E-state index in [2.05, 4.69) is 14.9 Å². The van der Waals surface area contributed by atoms with Crippen molar-refractivity contribution in [1.29, 1.82) is 0 Å². The van der Waals surface area contributed by atoms with Gasteiger partial charge < -0.3 is 19.4 Å². The van der Waals surface area contributed by atoms with Crippen LogP contribution in [0.25, 0.3) is 0 Å². The van der Waals surface area contributed by atoms with Crippen LogP contribution in [0.15, 0.2) is 12.5 Å². The van der Waals surface area contributed by atoms with E-state index in [-0.39, 0.29) is 6.10 Å². The molecule has 0 radical (unpaired) electrons. The number of imidazole rings is 1. The highest BCUT2D eigenvalue weighted by Gasteiger charge is 2.19. The lowest BCUT2D eigenvalue weighted by molar-refractivity contribution is 0.0176. The van der Waals surface area contributed by atoms with Gasteiger partial charge in [0.25, 0.3) is 0 Å². The highest BCUT2D eigenvalue weighted by atomic mass is 16.5.